The van der Waals surface area contributed by atoms with E-state index in [1.807, 2.05) is 0 Å². The fourth-order valence-electron chi connectivity index (χ4n) is 5.12. The van der Waals surface area contributed by atoms with Crippen LogP contribution in [-0.2, 0) is 14.3 Å². The van der Waals surface area contributed by atoms with Crippen LogP contribution < -0.4 is 10.1 Å². The Morgan fingerprint density at radius 3 is 2.47 bits per heavy atom. The molecular weight excluding hydrogens is 513 g/mol. The molecule has 5 atom stereocenters. The monoisotopic (exact) mass is 543 g/mol. The number of nitrogens with zero attached hydrogens (tertiary/aromatic N) is 2. The molecule has 2 aliphatic heterocycles. The molecule has 2 aliphatic rings. The Bertz CT molecular complexity index is 1160. The predicted molar refractivity (Wildman–Crippen MR) is 128 cm³/mol. The molecule has 0 bridgehead atoms. The summed E-state index contributed by atoms with van der Waals surface area (Å²) in [6.45, 7) is 4.36. The highest BCUT2D eigenvalue weighted by molar-refractivity contribution is 5.95. The van der Waals surface area contributed by atoms with Gasteiger partial charge in [0.05, 0.1) is 37.3 Å². The van der Waals surface area contributed by atoms with Crippen molar-refractivity contribution in [1.82, 2.24) is 9.88 Å². The molecule has 2 aromatic rings. The number of benzene rings is 1. The van der Waals surface area contributed by atoms with E-state index in [2.05, 4.69) is 15.2 Å². The number of hydrogen-bond donors (Lipinski definition) is 1. The lowest BCUT2D eigenvalue weighted by molar-refractivity contribution is -0.272. The molecule has 0 saturated carbocycles. The zero-order chi connectivity index (χ0) is 27.8. The zero-order valence-corrected chi connectivity index (χ0v) is 21.4. The second kappa shape index (κ2) is 10.7. The first kappa shape index (κ1) is 28.2. The number of amides is 1. The van der Waals surface area contributed by atoms with Gasteiger partial charge < -0.3 is 19.5 Å². The zero-order valence-electron chi connectivity index (χ0n) is 21.4. The van der Waals surface area contributed by atoms with E-state index < -0.39 is 53.0 Å². The average Bonchev–Trinajstić information content (AvgIpc) is 3.11. The molecule has 38 heavy (non-hydrogen) atoms. The Hall–Kier alpha value is -2.83. The second-order valence-corrected chi connectivity index (χ2v) is 9.76. The highest BCUT2D eigenvalue weighted by Gasteiger charge is 2.65. The van der Waals surface area contributed by atoms with Gasteiger partial charge in [-0.2, -0.15) is 17.6 Å². The molecule has 3 heterocycles. The maximum atomic E-state index is 14.5. The largest absolute Gasteiger partial charge is 0.493 e. The summed E-state index contributed by atoms with van der Waals surface area (Å²) in [7, 11) is 2.67. The molecule has 1 aromatic carbocycles. The van der Waals surface area contributed by atoms with Crippen molar-refractivity contribution in [2.24, 2.45) is 5.92 Å². The van der Waals surface area contributed by atoms with Crippen LogP contribution >= 0.6 is 0 Å². The van der Waals surface area contributed by atoms with Crippen LogP contribution in [0.4, 0.5) is 27.6 Å². The maximum absolute atomic E-state index is 14.5. The molecule has 1 amide bonds. The van der Waals surface area contributed by atoms with Crippen molar-refractivity contribution in [3.05, 3.63) is 53.4 Å². The van der Waals surface area contributed by atoms with Crippen molar-refractivity contribution in [1.29, 1.82) is 0 Å². The number of halogens is 5. The summed E-state index contributed by atoms with van der Waals surface area (Å²) in [5.74, 6) is -6.68. The number of aromatic nitrogens is 1. The van der Waals surface area contributed by atoms with Crippen LogP contribution in [0.1, 0.15) is 43.5 Å². The summed E-state index contributed by atoms with van der Waals surface area (Å²) >= 11 is 0. The third kappa shape index (κ3) is 4.96. The molecule has 2 saturated heterocycles. The Labute approximate surface area is 217 Å². The number of anilines is 1. The highest BCUT2D eigenvalue weighted by Crippen LogP contribution is 2.55. The van der Waals surface area contributed by atoms with Gasteiger partial charge in [-0.15, -0.1) is 0 Å². The van der Waals surface area contributed by atoms with Crippen LogP contribution in [0.5, 0.6) is 5.75 Å². The Balaban J connectivity index is 1.63. The minimum atomic E-state index is -4.85. The van der Waals surface area contributed by atoms with Crippen LogP contribution in [0, 0.1) is 17.6 Å². The number of ether oxygens (including phenoxy) is 3. The Morgan fingerprint density at radius 2 is 1.95 bits per heavy atom. The number of pyridine rings is 1. The van der Waals surface area contributed by atoms with Crippen molar-refractivity contribution >= 4 is 11.6 Å². The van der Waals surface area contributed by atoms with Gasteiger partial charge >= 0.3 is 6.18 Å². The average molecular weight is 544 g/mol. The maximum Gasteiger partial charge on any atom is 0.417 e. The summed E-state index contributed by atoms with van der Waals surface area (Å²) < 4.78 is 86.4. The lowest BCUT2D eigenvalue weighted by atomic mass is 9.77. The van der Waals surface area contributed by atoms with E-state index in [0.29, 0.717) is 6.61 Å². The van der Waals surface area contributed by atoms with Gasteiger partial charge in [0.15, 0.2) is 17.2 Å². The van der Waals surface area contributed by atoms with Crippen molar-refractivity contribution in [2.75, 3.05) is 39.2 Å². The Morgan fingerprint density at radius 1 is 1.24 bits per heavy atom. The van der Waals surface area contributed by atoms with E-state index >= 15 is 0 Å². The normalized spacial score (nSPS) is 26.6. The number of nitrogens with one attached hydrogen (secondary N) is 1. The van der Waals surface area contributed by atoms with Crippen molar-refractivity contribution < 1.29 is 41.0 Å². The van der Waals surface area contributed by atoms with Crippen molar-refractivity contribution in [3.63, 3.8) is 0 Å². The molecule has 208 valence electrons. The van der Waals surface area contributed by atoms with Crippen LogP contribution in [0.3, 0.4) is 0 Å². The minimum Gasteiger partial charge on any atom is -0.493 e. The van der Waals surface area contributed by atoms with Gasteiger partial charge in [-0.25, -0.2) is 4.39 Å². The molecule has 7 nitrogen and oxygen atoms in total. The van der Waals surface area contributed by atoms with Gasteiger partial charge in [-0.05, 0) is 31.5 Å². The molecular formula is C26H30F5N3O4. The standard InChI is InChI=1S/C26H30F5N3O4/c1-14-20(16-7-8-17(27)21(28)22(16)37-4)23(38-25(14,2)26(29,30)31)24(35)33-15-6-9-18(32-12-15)19(13-36-3)34-10-5-11-34/h6-9,12,14,19-20,23H,5,10-11,13H2,1-4H3,(H,33,35)/t14-,19+,20-,23+,25+/m0/s1. The number of likely N-dealkylation sites (tertiary alicyclic amines) is 1. The lowest BCUT2D eigenvalue weighted by Gasteiger charge is -2.37. The van der Waals surface area contributed by atoms with Crippen molar-refractivity contribution in [2.45, 2.75) is 50.1 Å². The van der Waals surface area contributed by atoms with Gasteiger partial charge in [0, 0.05) is 37.6 Å². The third-order valence-electron chi connectivity index (χ3n) is 7.62. The van der Waals surface area contributed by atoms with Crippen LogP contribution in [0.15, 0.2) is 30.5 Å². The summed E-state index contributed by atoms with van der Waals surface area (Å²) in [4.78, 5) is 20.0. The van der Waals surface area contributed by atoms with E-state index in [1.54, 1.807) is 19.2 Å². The van der Waals surface area contributed by atoms with E-state index in [4.69, 9.17) is 14.2 Å². The molecule has 0 unspecified atom stereocenters. The lowest BCUT2D eigenvalue weighted by Crippen LogP contribution is -2.47. The van der Waals surface area contributed by atoms with Gasteiger partial charge in [0.1, 0.15) is 6.10 Å². The molecule has 2 fully saturated rings. The minimum absolute atomic E-state index is 0.0600. The topological polar surface area (TPSA) is 72.9 Å². The molecule has 1 N–H and O–H groups in total. The summed E-state index contributed by atoms with van der Waals surface area (Å²) in [5.41, 5.74) is -1.87. The van der Waals surface area contributed by atoms with Gasteiger partial charge in [-0.1, -0.05) is 13.0 Å². The number of rotatable bonds is 8. The molecule has 0 aliphatic carbocycles. The number of hydrogen-bond acceptors (Lipinski definition) is 6. The first-order chi connectivity index (χ1) is 17.9. The fourth-order valence-corrected chi connectivity index (χ4v) is 5.12. The second-order valence-electron chi connectivity index (χ2n) is 9.76. The summed E-state index contributed by atoms with van der Waals surface area (Å²) in [5, 5.41) is 2.56. The number of carbonyl (C=O) groups is 1. The van der Waals surface area contributed by atoms with E-state index in [1.165, 1.54) is 13.1 Å². The number of methoxy groups -OCH3 is 2. The van der Waals surface area contributed by atoms with E-state index in [0.717, 1.165) is 51.4 Å². The summed E-state index contributed by atoms with van der Waals surface area (Å²) in [6.07, 6.45) is -4.04. The van der Waals surface area contributed by atoms with Crippen molar-refractivity contribution in [3.8, 4) is 5.75 Å². The predicted octanol–water partition coefficient (Wildman–Crippen LogP) is 4.84. The first-order valence-electron chi connectivity index (χ1n) is 12.2. The molecule has 0 radical (unpaired) electrons. The van der Waals surface area contributed by atoms with E-state index in [9.17, 15) is 26.7 Å². The SMILES string of the molecule is COC[C@H](c1ccc(NC(=O)[C@@H]2O[C@@](C)(C(F)(F)F)[C@@H](C)[C@H]2c2ccc(F)c(F)c2OC)cn1)N1CCC1. The first-order valence-corrected chi connectivity index (χ1v) is 12.2. The van der Waals surface area contributed by atoms with Gasteiger partial charge in [-0.3, -0.25) is 14.7 Å². The Kier molecular flexibility index (Phi) is 7.96. The van der Waals surface area contributed by atoms with Crippen LogP contribution in [-0.4, -0.2) is 67.6 Å². The molecule has 1 aromatic heterocycles. The van der Waals surface area contributed by atoms with E-state index in [-0.39, 0.29) is 17.3 Å². The molecule has 4 rings (SSSR count). The third-order valence-corrected chi connectivity index (χ3v) is 7.62. The van der Waals surface area contributed by atoms with Crippen LogP contribution in [0.2, 0.25) is 0 Å². The molecule has 0 spiro atoms. The van der Waals surface area contributed by atoms with Gasteiger partial charge in [0.25, 0.3) is 5.91 Å². The van der Waals surface area contributed by atoms with Crippen LogP contribution in [0.25, 0.3) is 0 Å². The quantitative estimate of drug-likeness (QED) is 0.481. The smallest absolute Gasteiger partial charge is 0.417 e. The number of alkyl halides is 3. The summed E-state index contributed by atoms with van der Waals surface area (Å²) in [6, 6.07) is 5.15. The fraction of sp³-hybridized carbons (Fsp3) is 0.538. The number of carbonyl (C=O) groups excluding carboxylic acids is 1. The molecule has 12 heteroatoms. The highest BCUT2D eigenvalue weighted by atomic mass is 19.4. The van der Waals surface area contributed by atoms with Gasteiger partial charge in [0.2, 0.25) is 5.82 Å².